The van der Waals surface area contributed by atoms with Gasteiger partial charge in [-0.1, -0.05) is 29.3 Å². The van der Waals surface area contributed by atoms with Crippen LogP contribution in [0.2, 0.25) is 10.0 Å². The second-order valence-corrected chi connectivity index (χ2v) is 8.52. The lowest BCUT2D eigenvalue weighted by molar-refractivity contribution is -0.150. The SMILES string of the molecule is CN(C)CCN(C)C(=O)c1ccc(N(Cc2ccc(Cl)c(Cl)c2)C(=O)CC(=O)C(=O)O)cc1. The molecule has 0 aliphatic heterocycles. The highest BCUT2D eigenvalue weighted by Crippen LogP contribution is 2.25. The van der Waals surface area contributed by atoms with Crippen molar-refractivity contribution in [2.45, 2.75) is 13.0 Å². The van der Waals surface area contributed by atoms with Crippen molar-refractivity contribution in [2.75, 3.05) is 39.1 Å². The first-order valence-corrected chi connectivity index (χ1v) is 10.8. The van der Waals surface area contributed by atoms with Crippen LogP contribution in [0.1, 0.15) is 22.3 Å². The van der Waals surface area contributed by atoms with Crippen LogP contribution in [0.5, 0.6) is 0 Å². The van der Waals surface area contributed by atoms with Crippen molar-refractivity contribution in [3.8, 4) is 0 Å². The average molecular weight is 494 g/mol. The number of Topliss-reactive ketones (excluding diaryl/α,β-unsaturated/α-hetero) is 1. The summed E-state index contributed by atoms with van der Waals surface area (Å²) >= 11 is 12.0. The van der Waals surface area contributed by atoms with E-state index in [1.54, 1.807) is 54.4 Å². The molecule has 0 aliphatic carbocycles. The average Bonchev–Trinajstić information content (AvgIpc) is 2.77. The minimum Gasteiger partial charge on any atom is -0.475 e. The van der Waals surface area contributed by atoms with Crippen molar-refractivity contribution in [1.82, 2.24) is 9.80 Å². The maximum Gasteiger partial charge on any atom is 0.372 e. The van der Waals surface area contributed by atoms with Gasteiger partial charge in [0.25, 0.3) is 5.91 Å². The molecule has 0 fully saturated rings. The maximum atomic E-state index is 12.8. The first kappa shape index (κ1) is 26.3. The summed E-state index contributed by atoms with van der Waals surface area (Å²) in [7, 11) is 5.54. The number of carbonyl (C=O) groups is 4. The molecule has 176 valence electrons. The number of carboxylic acid groups (broad SMARTS) is 1. The lowest BCUT2D eigenvalue weighted by atomic mass is 10.1. The van der Waals surface area contributed by atoms with E-state index < -0.39 is 24.1 Å². The molecular weight excluding hydrogens is 469 g/mol. The van der Waals surface area contributed by atoms with Crippen LogP contribution in [0, 0.1) is 0 Å². The number of nitrogens with zero attached hydrogens (tertiary/aromatic N) is 3. The van der Waals surface area contributed by atoms with E-state index in [4.69, 9.17) is 28.3 Å². The highest BCUT2D eigenvalue weighted by atomic mass is 35.5. The molecule has 0 radical (unpaired) electrons. The van der Waals surface area contributed by atoms with Gasteiger partial charge in [-0.15, -0.1) is 0 Å². The number of rotatable bonds is 10. The number of halogens is 2. The molecule has 0 spiro atoms. The smallest absolute Gasteiger partial charge is 0.372 e. The summed E-state index contributed by atoms with van der Waals surface area (Å²) in [4.78, 5) is 52.8. The van der Waals surface area contributed by atoms with Crippen molar-refractivity contribution in [1.29, 1.82) is 0 Å². The number of ketones is 1. The zero-order chi connectivity index (χ0) is 24.7. The number of carbonyl (C=O) groups excluding carboxylic acids is 3. The first-order valence-electron chi connectivity index (χ1n) is 10.00. The molecule has 33 heavy (non-hydrogen) atoms. The van der Waals surface area contributed by atoms with Crippen LogP contribution in [0.4, 0.5) is 5.69 Å². The van der Waals surface area contributed by atoms with Crippen molar-refractivity contribution < 1.29 is 24.3 Å². The Balaban J connectivity index is 2.28. The number of likely N-dealkylation sites (N-methyl/N-ethyl adjacent to an activating group) is 2. The predicted octanol–water partition coefficient (Wildman–Crippen LogP) is 3.20. The van der Waals surface area contributed by atoms with Gasteiger partial charge in [0, 0.05) is 31.4 Å². The van der Waals surface area contributed by atoms with Crippen LogP contribution in [0.25, 0.3) is 0 Å². The molecule has 1 N–H and O–H groups in total. The second-order valence-electron chi connectivity index (χ2n) is 7.71. The Kier molecular flexibility index (Phi) is 9.40. The third-order valence-electron chi connectivity index (χ3n) is 4.83. The predicted molar refractivity (Wildman–Crippen MR) is 127 cm³/mol. The van der Waals surface area contributed by atoms with Gasteiger partial charge in [0.05, 0.1) is 23.0 Å². The molecule has 2 amide bonds. The quantitative estimate of drug-likeness (QED) is 0.403. The Hall–Kier alpha value is -2.94. The Morgan fingerprint density at radius 2 is 1.52 bits per heavy atom. The molecule has 2 rings (SSSR count). The molecule has 0 atom stereocenters. The molecule has 2 aromatic carbocycles. The van der Waals surface area contributed by atoms with Gasteiger partial charge in [0.2, 0.25) is 11.7 Å². The van der Waals surface area contributed by atoms with Crippen LogP contribution >= 0.6 is 23.2 Å². The van der Waals surface area contributed by atoms with Gasteiger partial charge < -0.3 is 19.8 Å². The fourth-order valence-corrected chi connectivity index (χ4v) is 3.23. The third kappa shape index (κ3) is 7.56. The van der Waals surface area contributed by atoms with Crippen molar-refractivity contribution in [3.63, 3.8) is 0 Å². The van der Waals surface area contributed by atoms with Crippen molar-refractivity contribution in [3.05, 3.63) is 63.6 Å². The number of benzene rings is 2. The Morgan fingerprint density at radius 1 is 0.879 bits per heavy atom. The molecule has 0 aromatic heterocycles. The molecule has 2 aromatic rings. The van der Waals surface area contributed by atoms with Crippen molar-refractivity contribution in [2.24, 2.45) is 0 Å². The van der Waals surface area contributed by atoms with E-state index in [0.29, 0.717) is 39.9 Å². The van der Waals surface area contributed by atoms with E-state index in [-0.39, 0.29) is 12.5 Å². The zero-order valence-electron chi connectivity index (χ0n) is 18.5. The normalized spacial score (nSPS) is 10.7. The first-order chi connectivity index (χ1) is 15.5. The molecule has 0 saturated heterocycles. The number of carboxylic acids is 1. The Labute approximate surface area is 202 Å². The largest absolute Gasteiger partial charge is 0.475 e. The van der Waals surface area contributed by atoms with Gasteiger partial charge >= 0.3 is 5.97 Å². The van der Waals surface area contributed by atoms with E-state index in [1.807, 2.05) is 19.0 Å². The molecule has 0 unspecified atom stereocenters. The van der Waals surface area contributed by atoms with E-state index in [9.17, 15) is 19.2 Å². The number of hydrogen-bond acceptors (Lipinski definition) is 5. The molecule has 0 saturated carbocycles. The molecule has 0 aliphatic rings. The maximum absolute atomic E-state index is 12.8. The minimum atomic E-state index is -1.68. The van der Waals surface area contributed by atoms with E-state index in [0.717, 1.165) is 0 Å². The highest BCUT2D eigenvalue weighted by molar-refractivity contribution is 6.42. The van der Waals surface area contributed by atoms with Gasteiger partial charge in [0.15, 0.2) is 0 Å². The summed E-state index contributed by atoms with van der Waals surface area (Å²) in [5, 5.41) is 9.51. The topological polar surface area (TPSA) is 98.2 Å². The Bertz CT molecular complexity index is 1040. The van der Waals surface area contributed by atoms with Gasteiger partial charge in [-0.05, 0) is 56.1 Å². The van der Waals surface area contributed by atoms with Gasteiger partial charge in [-0.25, -0.2) is 4.79 Å². The van der Waals surface area contributed by atoms with Gasteiger partial charge in [-0.3, -0.25) is 14.4 Å². The fraction of sp³-hybridized carbons (Fsp3) is 0.304. The van der Waals surface area contributed by atoms with Gasteiger partial charge in [0.1, 0.15) is 0 Å². The summed E-state index contributed by atoms with van der Waals surface area (Å²) in [6, 6.07) is 11.2. The summed E-state index contributed by atoms with van der Waals surface area (Å²) in [6.45, 7) is 1.29. The molecule has 0 heterocycles. The molecular formula is C23H25Cl2N3O5. The number of anilines is 1. The fourth-order valence-electron chi connectivity index (χ4n) is 2.91. The van der Waals surface area contributed by atoms with Crippen LogP contribution in [-0.4, -0.2) is 72.7 Å². The van der Waals surface area contributed by atoms with E-state index in [1.165, 1.54) is 4.90 Å². The van der Waals surface area contributed by atoms with Crippen LogP contribution < -0.4 is 4.90 Å². The van der Waals surface area contributed by atoms with Gasteiger partial charge in [-0.2, -0.15) is 0 Å². The minimum absolute atomic E-state index is 0.0264. The molecule has 10 heteroatoms. The van der Waals surface area contributed by atoms with E-state index >= 15 is 0 Å². The molecule has 8 nitrogen and oxygen atoms in total. The molecule has 0 bridgehead atoms. The highest BCUT2D eigenvalue weighted by Gasteiger charge is 2.23. The number of amides is 2. The zero-order valence-corrected chi connectivity index (χ0v) is 20.1. The van der Waals surface area contributed by atoms with Crippen LogP contribution in [0.3, 0.4) is 0 Å². The summed E-state index contributed by atoms with van der Waals surface area (Å²) in [6.07, 6.45) is -0.801. The van der Waals surface area contributed by atoms with E-state index in [2.05, 4.69) is 0 Å². The van der Waals surface area contributed by atoms with Crippen molar-refractivity contribution >= 4 is 52.5 Å². The third-order valence-corrected chi connectivity index (χ3v) is 5.57. The summed E-state index contributed by atoms with van der Waals surface area (Å²) in [5.41, 5.74) is 1.46. The summed E-state index contributed by atoms with van der Waals surface area (Å²) < 4.78 is 0. The standard InChI is InChI=1S/C23H25Cl2N3O5/c1-26(2)10-11-27(3)22(31)16-5-7-17(8-6-16)28(21(30)13-20(29)23(32)33)14-15-4-9-18(24)19(25)12-15/h4-9,12H,10-11,13-14H2,1-3H3,(H,32,33). The van der Waals surface area contributed by atoms with Crippen LogP contribution in [0.15, 0.2) is 42.5 Å². The Morgan fingerprint density at radius 3 is 2.06 bits per heavy atom. The lowest BCUT2D eigenvalue weighted by Crippen LogP contribution is -2.34. The summed E-state index contributed by atoms with van der Waals surface area (Å²) in [5.74, 6) is -3.77. The van der Waals surface area contributed by atoms with Crippen LogP contribution in [-0.2, 0) is 20.9 Å². The number of aliphatic carboxylic acids is 1. The second kappa shape index (κ2) is 11.8. The lowest BCUT2D eigenvalue weighted by Gasteiger charge is -2.24. The monoisotopic (exact) mass is 493 g/mol. The number of hydrogen-bond donors (Lipinski definition) is 1.